The molecule has 0 fully saturated rings. The fourth-order valence-electron chi connectivity index (χ4n) is 4.03. The molecule has 0 radical (unpaired) electrons. The van der Waals surface area contributed by atoms with Gasteiger partial charge in [0.05, 0.1) is 18.4 Å². The lowest BCUT2D eigenvalue weighted by Crippen LogP contribution is -2.29. The molecule has 1 N–H and O–H groups in total. The number of rotatable bonds is 7. The summed E-state index contributed by atoms with van der Waals surface area (Å²) in [7, 11) is -2.61. The number of ether oxygens (including phenoxy) is 2. The Bertz CT molecular complexity index is 1380. The van der Waals surface area contributed by atoms with Gasteiger partial charge in [0.1, 0.15) is 4.90 Å². The summed E-state index contributed by atoms with van der Waals surface area (Å²) in [6, 6.07) is 16.3. The van der Waals surface area contributed by atoms with Gasteiger partial charge in [-0.2, -0.15) is 0 Å². The van der Waals surface area contributed by atoms with Gasteiger partial charge in [0.2, 0.25) is 0 Å². The summed E-state index contributed by atoms with van der Waals surface area (Å²) in [6.45, 7) is 11.2. The molecule has 192 valence electrons. The van der Waals surface area contributed by atoms with Gasteiger partial charge in [-0.25, -0.2) is 13.2 Å². The summed E-state index contributed by atoms with van der Waals surface area (Å²) < 4.78 is 41.2. The van der Waals surface area contributed by atoms with Gasteiger partial charge < -0.3 is 9.47 Å². The SMILES string of the molecule is COC(=O)[C@@H](OC(C)(C)C)c1c(C)c(NS(=O)(=O)c2ccccc2Br)cc(C)c1-c1ccc(C)cc1. The van der Waals surface area contributed by atoms with Gasteiger partial charge in [-0.15, -0.1) is 0 Å². The van der Waals surface area contributed by atoms with Crippen molar-refractivity contribution in [2.24, 2.45) is 0 Å². The third-order valence-corrected chi connectivity index (χ3v) is 8.07. The fraction of sp³-hybridized carbons (Fsp3) is 0.321. The molecule has 0 saturated carbocycles. The van der Waals surface area contributed by atoms with Crippen LogP contribution in [0.3, 0.4) is 0 Å². The zero-order valence-corrected chi connectivity index (χ0v) is 24.0. The summed E-state index contributed by atoms with van der Waals surface area (Å²) in [6.07, 6.45) is -1.07. The van der Waals surface area contributed by atoms with Gasteiger partial charge in [0, 0.05) is 10.0 Å². The Kier molecular flexibility index (Phi) is 8.33. The molecule has 3 aromatic carbocycles. The molecule has 3 rings (SSSR count). The molecule has 1 atom stereocenters. The Morgan fingerprint density at radius 2 is 1.61 bits per heavy atom. The number of nitrogens with one attached hydrogen (secondary N) is 1. The first-order valence-corrected chi connectivity index (χ1v) is 13.8. The first kappa shape index (κ1) is 27.9. The average Bonchev–Trinajstić information content (AvgIpc) is 2.79. The van der Waals surface area contributed by atoms with E-state index in [1.165, 1.54) is 13.2 Å². The van der Waals surface area contributed by atoms with Crippen molar-refractivity contribution in [2.45, 2.75) is 58.1 Å². The van der Waals surface area contributed by atoms with Crippen molar-refractivity contribution in [3.8, 4) is 11.1 Å². The smallest absolute Gasteiger partial charge is 0.339 e. The fourth-order valence-corrected chi connectivity index (χ4v) is 6.15. The highest BCUT2D eigenvalue weighted by molar-refractivity contribution is 9.10. The van der Waals surface area contributed by atoms with Crippen LogP contribution in [0.4, 0.5) is 5.69 Å². The van der Waals surface area contributed by atoms with Gasteiger partial charge in [0.25, 0.3) is 10.0 Å². The maximum atomic E-state index is 13.3. The minimum absolute atomic E-state index is 0.113. The second kappa shape index (κ2) is 10.7. The maximum Gasteiger partial charge on any atom is 0.339 e. The maximum absolute atomic E-state index is 13.3. The monoisotopic (exact) mass is 573 g/mol. The number of hydrogen-bond acceptors (Lipinski definition) is 5. The predicted octanol–water partition coefficient (Wildman–Crippen LogP) is 6.87. The summed E-state index contributed by atoms with van der Waals surface area (Å²) in [5, 5.41) is 0. The lowest BCUT2D eigenvalue weighted by Gasteiger charge is -2.30. The molecule has 0 spiro atoms. The van der Waals surface area contributed by atoms with Crippen LogP contribution in [0.1, 0.15) is 49.1 Å². The zero-order valence-electron chi connectivity index (χ0n) is 21.6. The molecule has 3 aromatic rings. The Hall–Kier alpha value is -2.68. The van der Waals surface area contributed by atoms with Crippen LogP contribution in [0.5, 0.6) is 0 Å². The van der Waals surface area contributed by atoms with Gasteiger partial charge >= 0.3 is 5.97 Å². The van der Waals surface area contributed by atoms with E-state index in [0.717, 1.165) is 22.3 Å². The highest BCUT2D eigenvalue weighted by Crippen LogP contribution is 2.41. The summed E-state index contributed by atoms with van der Waals surface area (Å²) >= 11 is 3.33. The number of anilines is 1. The minimum Gasteiger partial charge on any atom is -0.467 e. The Balaban J connectivity index is 2.30. The lowest BCUT2D eigenvalue weighted by molar-refractivity contribution is -0.164. The number of carbonyl (C=O) groups excluding carboxylic acids is 1. The van der Waals surface area contributed by atoms with Crippen LogP contribution in [0.2, 0.25) is 0 Å². The van der Waals surface area contributed by atoms with Crippen molar-refractivity contribution in [3.05, 3.63) is 81.3 Å². The van der Waals surface area contributed by atoms with E-state index in [9.17, 15) is 13.2 Å². The minimum atomic E-state index is -3.92. The Morgan fingerprint density at radius 1 is 1.00 bits per heavy atom. The van der Waals surface area contributed by atoms with Crippen LogP contribution in [0, 0.1) is 20.8 Å². The number of halogens is 1. The van der Waals surface area contributed by atoms with E-state index >= 15 is 0 Å². The molecule has 0 saturated heterocycles. The molecule has 0 bridgehead atoms. The van der Waals surface area contributed by atoms with Crippen LogP contribution in [-0.4, -0.2) is 27.1 Å². The van der Waals surface area contributed by atoms with E-state index in [0.29, 0.717) is 21.3 Å². The normalized spacial score (nSPS) is 12.8. The molecule has 0 aliphatic rings. The van der Waals surface area contributed by atoms with Crippen molar-refractivity contribution in [2.75, 3.05) is 11.8 Å². The standard InChI is InChI=1S/C28H32BrNO5S/c1-17-12-14-20(15-13-17)24-18(2)16-22(30-36(32,33)23-11-9-8-10-21(23)29)19(3)25(24)26(27(31)34-7)35-28(4,5)6/h8-16,26,30H,1-7H3/t26-/m0/s1. The van der Waals surface area contributed by atoms with E-state index in [2.05, 4.69) is 20.7 Å². The summed E-state index contributed by atoms with van der Waals surface area (Å²) in [4.78, 5) is 13.2. The molecular formula is C28H32BrNO5S. The number of sulfonamides is 1. The van der Waals surface area contributed by atoms with Crippen LogP contribution in [0.15, 0.2) is 64.0 Å². The van der Waals surface area contributed by atoms with E-state index in [4.69, 9.17) is 9.47 Å². The number of esters is 1. The lowest BCUT2D eigenvalue weighted by atomic mass is 9.87. The average molecular weight is 575 g/mol. The van der Waals surface area contributed by atoms with Crippen LogP contribution < -0.4 is 4.72 Å². The molecule has 0 amide bonds. The van der Waals surface area contributed by atoms with E-state index in [-0.39, 0.29) is 4.90 Å². The molecule has 0 aromatic heterocycles. The highest BCUT2D eigenvalue weighted by Gasteiger charge is 2.34. The summed E-state index contributed by atoms with van der Waals surface area (Å²) in [5.41, 5.74) is 4.41. The first-order chi connectivity index (χ1) is 16.7. The number of carbonyl (C=O) groups is 1. The van der Waals surface area contributed by atoms with Crippen LogP contribution >= 0.6 is 15.9 Å². The molecule has 0 aliphatic heterocycles. The van der Waals surface area contributed by atoms with Gasteiger partial charge in [-0.05, 0) is 97.9 Å². The quantitative estimate of drug-likeness (QED) is 0.312. The van der Waals surface area contributed by atoms with Crippen molar-refractivity contribution < 1.29 is 22.7 Å². The second-order valence-electron chi connectivity index (χ2n) is 9.69. The third-order valence-electron chi connectivity index (χ3n) is 5.69. The van der Waals surface area contributed by atoms with Gasteiger partial charge in [-0.3, -0.25) is 4.72 Å². The number of benzene rings is 3. The largest absolute Gasteiger partial charge is 0.467 e. The van der Waals surface area contributed by atoms with E-state index in [1.54, 1.807) is 31.2 Å². The molecule has 0 aliphatic carbocycles. The van der Waals surface area contributed by atoms with Crippen LogP contribution in [0.25, 0.3) is 11.1 Å². The second-order valence-corrected chi connectivity index (χ2v) is 12.2. The topological polar surface area (TPSA) is 81.7 Å². The molecule has 36 heavy (non-hydrogen) atoms. The Labute approximate surface area is 222 Å². The van der Waals surface area contributed by atoms with Gasteiger partial charge in [-0.1, -0.05) is 42.0 Å². The predicted molar refractivity (Wildman–Crippen MR) is 147 cm³/mol. The van der Waals surface area contributed by atoms with Gasteiger partial charge in [0.15, 0.2) is 6.10 Å². The van der Waals surface area contributed by atoms with E-state index < -0.39 is 27.7 Å². The zero-order chi connectivity index (χ0) is 26.8. The van der Waals surface area contributed by atoms with Crippen molar-refractivity contribution in [3.63, 3.8) is 0 Å². The van der Waals surface area contributed by atoms with E-state index in [1.807, 2.05) is 58.9 Å². The number of hydrogen-bond donors (Lipinski definition) is 1. The van der Waals surface area contributed by atoms with Crippen molar-refractivity contribution >= 4 is 37.6 Å². The molecule has 8 heteroatoms. The van der Waals surface area contributed by atoms with Crippen LogP contribution in [-0.2, 0) is 24.3 Å². The number of aryl methyl sites for hydroxylation is 2. The third kappa shape index (κ3) is 6.17. The Morgan fingerprint density at radius 3 is 2.17 bits per heavy atom. The number of methoxy groups -OCH3 is 1. The molecular weight excluding hydrogens is 542 g/mol. The summed E-state index contributed by atoms with van der Waals surface area (Å²) in [5.74, 6) is -0.563. The highest BCUT2D eigenvalue weighted by atomic mass is 79.9. The molecule has 0 heterocycles. The molecule has 0 unspecified atom stereocenters. The molecule has 6 nitrogen and oxygen atoms in total. The van der Waals surface area contributed by atoms with Crippen molar-refractivity contribution in [1.82, 2.24) is 0 Å². The van der Waals surface area contributed by atoms with Crippen molar-refractivity contribution in [1.29, 1.82) is 0 Å². The first-order valence-electron chi connectivity index (χ1n) is 11.5.